The van der Waals surface area contributed by atoms with Crippen LogP contribution in [0.1, 0.15) is 73.2 Å². The topological polar surface area (TPSA) is 116 Å². The van der Waals surface area contributed by atoms with E-state index in [1.54, 1.807) is 13.1 Å². The van der Waals surface area contributed by atoms with Crippen molar-refractivity contribution < 1.29 is 14.6 Å². The molecule has 3 atom stereocenters. The SMILES string of the molecule is Cc1nc(NCC(C)(C)C)nc(NC(C)C[C@H](CO)[C@H](C)O)c1-c1cc2cc(C(C)(C)C)ncc2o1. The summed E-state index contributed by atoms with van der Waals surface area (Å²) in [6.07, 6.45) is 1.76. The van der Waals surface area contributed by atoms with Crippen LogP contribution < -0.4 is 10.6 Å². The number of rotatable bonds is 9. The molecule has 0 aliphatic heterocycles. The van der Waals surface area contributed by atoms with E-state index in [-0.39, 0.29) is 29.4 Å². The third-order valence-corrected chi connectivity index (χ3v) is 6.24. The molecule has 3 heterocycles. The first-order chi connectivity index (χ1) is 16.7. The van der Waals surface area contributed by atoms with Crippen molar-refractivity contribution in [2.45, 2.75) is 86.3 Å². The van der Waals surface area contributed by atoms with Gasteiger partial charge in [-0.3, -0.25) is 4.98 Å². The van der Waals surface area contributed by atoms with Crippen LogP contribution in [-0.4, -0.2) is 50.5 Å². The maximum atomic E-state index is 10.0. The molecule has 8 nitrogen and oxygen atoms in total. The summed E-state index contributed by atoms with van der Waals surface area (Å²) in [5.74, 6) is 1.63. The monoisotopic (exact) mass is 497 g/mol. The lowest BCUT2D eigenvalue weighted by Gasteiger charge is -2.24. The summed E-state index contributed by atoms with van der Waals surface area (Å²) in [7, 11) is 0. The molecule has 0 bridgehead atoms. The summed E-state index contributed by atoms with van der Waals surface area (Å²) in [5, 5.41) is 27.5. The number of furan rings is 1. The molecule has 0 saturated heterocycles. The Kier molecular flexibility index (Phi) is 8.30. The first-order valence-corrected chi connectivity index (χ1v) is 12.8. The maximum Gasteiger partial charge on any atom is 0.224 e. The van der Waals surface area contributed by atoms with E-state index in [1.165, 1.54) is 0 Å². The summed E-state index contributed by atoms with van der Waals surface area (Å²) in [5.41, 5.74) is 3.28. The lowest BCUT2D eigenvalue weighted by atomic mass is 9.91. The predicted octanol–water partition coefficient (Wildman–Crippen LogP) is 5.53. The van der Waals surface area contributed by atoms with Crippen LogP contribution >= 0.6 is 0 Å². The molecular formula is C28H43N5O3. The molecule has 1 unspecified atom stereocenters. The van der Waals surface area contributed by atoms with Crippen molar-refractivity contribution in [1.82, 2.24) is 15.0 Å². The van der Waals surface area contributed by atoms with Crippen molar-refractivity contribution >= 4 is 22.7 Å². The Morgan fingerprint density at radius 3 is 2.33 bits per heavy atom. The second kappa shape index (κ2) is 10.7. The molecule has 3 rings (SSSR count). The van der Waals surface area contributed by atoms with Gasteiger partial charge in [0, 0.05) is 41.6 Å². The lowest BCUT2D eigenvalue weighted by Crippen LogP contribution is -2.29. The maximum absolute atomic E-state index is 10.0. The summed E-state index contributed by atoms with van der Waals surface area (Å²) in [6, 6.07) is 4.03. The molecule has 4 N–H and O–H groups in total. The van der Waals surface area contributed by atoms with Gasteiger partial charge in [0.1, 0.15) is 11.6 Å². The highest BCUT2D eigenvalue weighted by atomic mass is 16.3. The Hall–Kier alpha value is -2.71. The van der Waals surface area contributed by atoms with Crippen molar-refractivity contribution in [3.05, 3.63) is 29.7 Å². The second-order valence-electron chi connectivity index (χ2n) is 12.2. The Balaban J connectivity index is 2.04. The molecule has 36 heavy (non-hydrogen) atoms. The first kappa shape index (κ1) is 27.9. The van der Waals surface area contributed by atoms with E-state index in [1.807, 2.05) is 19.9 Å². The van der Waals surface area contributed by atoms with E-state index in [4.69, 9.17) is 14.4 Å². The average molecular weight is 498 g/mol. The van der Waals surface area contributed by atoms with Gasteiger partial charge in [0.15, 0.2) is 5.58 Å². The van der Waals surface area contributed by atoms with Crippen LogP contribution in [0.5, 0.6) is 0 Å². The molecule has 0 aliphatic carbocycles. The fourth-order valence-electron chi connectivity index (χ4n) is 4.05. The Labute approximate surface area is 215 Å². The minimum Gasteiger partial charge on any atom is -0.454 e. The van der Waals surface area contributed by atoms with Gasteiger partial charge < -0.3 is 25.3 Å². The van der Waals surface area contributed by atoms with Crippen molar-refractivity contribution in [1.29, 1.82) is 0 Å². The number of nitrogens with zero attached hydrogens (tertiary/aromatic N) is 3. The first-order valence-electron chi connectivity index (χ1n) is 12.8. The fraction of sp³-hybridized carbons (Fsp3) is 0.607. The average Bonchev–Trinajstić information content (AvgIpc) is 3.17. The number of aryl methyl sites for hydroxylation is 1. The lowest BCUT2D eigenvalue weighted by molar-refractivity contribution is 0.0736. The van der Waals surface area contributed by atoms with Crippen molar-refractivity contribution in [3.8, 4) is 11.3 Å². The van der Waals surface area contributed by atoms with Crippen LogP contribution in [0.2, 0.25) is 0 Å². The smallest absolute Gasteiger partial charge is 0.224 e. The minimum atomic E-state index is -0.602. The number of nitrogens with one attached hydrogen (secondary N) is 2. The van der Waals surface area contributed by atoms with E-state index in [0.717, 1.165) is 28.9 Å². The molecule has 198 valence electrons. The molecule has 0 aliphatic rings. The van der Waals surface area contributed by atoms with Gasteiger partial charge >= 0.3 is 0 Å². The number of pyridine rings is 1. The highest BCUT2D eigenvalue weighted by Gasteiger charge is 2.23. The number of aromatic nitrogens is 3. The number of hydrogen-bond acceptors (Lipinski definition) is 8. The van der Waals surface area contributed by atoms with Gasteiger partial charge in [0.25, 0.3) is 0 Å². The van der Waals surface area contributed by atoms with E-state index in [0.29, 0.717) is 29.5 Å². The summed E-state index contributed by atoms with van der Waals surface area (Å²) >= 11 is 0. The van der Waals surface area contributed by atoms with Gasteiger partial charge in [-0.05, 0) is 44.7 Å². The number of aliphatic hydroxyl groups is 2. The molecular weight excluding hydrogens is 454 g/mol. The molecule has 0 saturated carbocycles. The zero-order chi connectivity index (χ0) is 26.8. The van der Waals surface area contributed by atoms with Crippen LogP contribution in [0.3, 0.4) is 0 Å². The van der Waals surface area contributed by atoms with Gasteiger partial charge in [-0.2, -0.15) is 4.98 Å². The molecule has 0 fully saturated rings. The number of hydrogen-bond donors (Lipinski definition) is 4. The third kappa shape index (κ3) is 6.95. The molecule has 3 aromatic heterocycles. The Morgan fingerprint density at radius 1 is 1.06 bits per heavy atom. The zero-order valence-corrected chi connectivity index (χ0v) is 23.2. The van der Waals surface area contributed by atoms with E-state index < -0.39 is 6.10 Å². The number of fused-ring (bicyclic) bond motifs is 1. The molecule has 3 aromatic rings. The van der Waals surface area contributed by atoms with Crippen LogP contribution in [-0.2, 0) is 5.41 Å². The van der Waals surface area contributed by atoms with E-state index >= 15 is 0 Å². The van der Waals surface area contributed by atoms with Gasteiger partial charge in [-0.25, -0.2) is 4.98 Å². The molecule has 0 amide bonds. The van der Waals surface area contributed by atoms with Gasteiger partial charge in [0.05, 0.1) is 23.6 Å². The van der Waals surface area contributed by atoms with Crippen molar-refractivity contribution in [2.24, 2.45) is 11.3 Å². The quantitative estimate of drug-likeness (QED) is 0.305. The van der Waals surface area contributed by atoms with Gasteiger partial charge in [-0.1, -0.05) is 41.5 Å². The van der Waals surface area contributed by atoms with E-state index in [2.05, 4.69) is 63.2 Å². The van der Waals surface area contributed by atoms with Crippen LogP contribution in [0.15, 0.2) is 22.7 Å². The van der Waals surface area contributed by atoms with Gasteiger partial charge in [-0.15, -0.1) is 0 Å². The minimum absolute atomic E-state index is 0.0567. The van der Waals surface area contributed by atoms with Crippen molar-refractivity contribution in [3.63, 3.8) is 0 Å². The highest BCUT2D eigenvalue weighted by Crippen LogP contribution is 2.36. The fourth-order valence-corrected chi connectivity index (χ4v) is 4.05. The number of aliphatic hydroxyl groups excluding tert-OH is 2. The van der Waals surface area contributed by atoms with Gasteiger partial charge in [0.2, 0.25) is 5.95 Å². The summed E-state index contributed by atoms with van der Waals surface area (Å²) in [6.45, 7) is 19.2. The summed E-state index contributed by atoms with van der Waals surface area (Å²) < 4.78 is 6.24. The molecule has 0 spiro atoms. The molecule has 0 radical (unpaired) electrons. The highest BCUT2D eigenvalue weighted by molar-refractivity contribution is 5.86. The normalized spacial score (nSPS) is 15.1. The Morgan fingerprint density at radius 2 is 1.75 bits per heavy atom. The molecule has 0 aromatic carbocycles. The standard InChI is InChI=1S/C28H43N5O3/c1-16(10-20(14-34)18(3)35)31-25-24(17(2)32-26(33-25)30-15-27(4,5)6)21-11-19-12-23(28(7,8)9)29-13-22(19)36-21/h11-13,16,18,20,34-35H,10,14-15H2,1-9H3,(H2,30,31,32,33)/t16?,18-,20+/m0/s1. The predicted molar refractivity (Wildman–Crippen MR) is 146 cm³/mol. The zero-order valence-electron chi connectivity index (χ0n) is 23.2. The number of anilines is 2. The largest absolute Gasteiger partial charge is 0.454 e. The van der Waals surface area contributed by atoms with Crippen LogP contribution in [0, 0.1) is 18.3 Å². The third-order valence-electron chi connectivity index (χ3n) is 6.24. The van der Waals surface area contributed by atoms with E-state index in [9.17, 15) is 10.2 Å². The van der Waals surface area contributed by atoms with Crippen LogP contribution in [0.25, 0.3) is 22.3 Å². The molecule has 8 heteroatoms. The second-order valence-corrected chi connectivity index (χ2v) is 12.2. The Bertz CT molecular complexity index is 1170. The summed E-state index contributed by atoms with van der Waals surface area (Å²) in [4.78, 5) is 14.2. The van der Waals surface area contributed by atoms with Crippen LogP contribution in [0.4, 0.5) is 11.8 Å². The van der Waals surface area contributed by atoms with Crippen molar-refractivity contribution in [2.75, 3.05) is 23.8 Å².